The molecule has 4 nitrogen and oxygen atoms in total. The fraction of sp³-hybridized carbons (Fsp3) is 0.200. The van der Waals surface area contributed by atoms with Gasteiger partial charge in [-0.25, -0.2) is 0 Å². The summed E-state index contributed by atoms with van der Waals surface area (Å²) in [5.74, 6) is -5.10. The number of carboxylic acids is 2. The van der Waals surface area contributed by atoms with Crippen LogP contribution < -0.4 is 0 Å². The number of hydrogen-bond donors (Lipinski definition) is 2. The molecule has 0 aliphatic heterocycles. The predicted octanol–water partition coefficient (Wildman–Crippen LogP) is 3.53. The largest absolute Gasteiger partial charge is 0.481 e. The summed E-state index contributed by atoms with van der Waals surface area (Å²) >= 11 is 0. The minimum Gasteiger partial charge on any atom is -0.481 e. The van der Waals surface area contributed by atoms with Crippen molar-refractivity contribution in [3.05, 3.63) is 83.9 Å². The highest BCUT2D eigenvalue weighted by atomic mass is 16.4. The quantitative estimate of drug-likeness (QED) is 0.845. The minimum atomic E-state index is -1.08. The van der Waals surface area contributed by atoms with E-state index in [0.29, 0.717) is 0 Å². The average Bonchev–Trinajstić information content (AvgIpc) is 2.61. The molecule has 0 heterocycles. The smallest absolute Gasteiger partial charge is 0.308 e. The zero-order chi connectivity index (χ0) is 17.1. The monoisotopic (exact) mass is 322 g/mol. The van der Waals surface area contributed by atoms with E-state index in [1.165, 1.54) is 0 Å². The third kappa shape index (κ3) is 2.95. The lowest BCUT2D eigenvalue weighted by Crippen LogP contribution is -2.39. The third-order valence-corrected chi connectivity index (χ3v) is 4.63. The summed E-state index contributed by atoms with van der Waals surface area (Å²) in [5, 5.41) is 19.5. The zero-order valence-corrected chi connectivity index (χ0v) is 12.9. The molecule has 0 spiro atoms. The van der Waals surface area contributed by atoms with E-state index < -0.39 is 35.6 Å². The van der Waals surface area contributed by atoms with Gasteiger partial charge in [0.25, 0.3) is 0 Å². The Morgan fingerprint density at radius 2 is 0.958 bits per heavy atom. The molecular formula is C20H18O4. The van der Waals surface area contributed by atoms with Gasteiger partial charge >= 0.3 is 11.9 Å². The molecule has 2 N–H and O–H groups in total. The number of rotatable bonds is 4. The molecule has 0 aromatic heterocycles. The maximum Gasteiger partial charge on any atom is 0.308 e. The van der Waals surface area contributed by atoms with Gasteiger partial charge in [-0.2, -0.15) is 0 Å². The molecule has 0 saturated heterocycles. The lowest BCUT2D eigenvalue weighted by molar-refractivity contribution is -0.155. The Kier molecular flexibility index (Phi) is 4.47. The second-order valence-corrected chi connectivity index (χ2v) is 5.99. The van der Waals surface area contributed by atoms with E-state index in [1.54, 1.807) is 0 Å². The van der Waals surface area contributed by atoms with Crippen molar-refractivity contribution < 1.29 is 19.8 Å². The van der Waals surface area contributed by atoms with Gasteiger partial charge in [0.15, 0.2) is 0 Å². The number of carboxylic acid groups (broad SMARTS) is 2. The Bertz CT molecular complexity index is 686. The summed E-state index contributed by atoms with van der Waals surface area (Å²) in [7, 11) is 0. The number of benzene rings is 2. The van der Waals surface area contributed by atoms with Crippen LogP contribution in [0.25, 0.3) is 0 Å². The first kappa shape index (κ1) is 16.0. The average molecular weight is 322 g/mol. The van der Waals surface area contributed by atoms with E-state index in [9.17, 15) is 19.8 Å². The summed E-state index contributed by atoms with van der Waals surface area (Å²) in [5.41, 5.74) is 1.64. The zero-order valence-electron chi connectivity index (χ0n) is 12.9. The summed E-state index contributed by atoms with van der Waals surface area (Å²) in [6.45, 7) is 0. The predicted molar refractivity (Wildman–Crippen MR) is 89.8 cm³/mol. The molecule has 4 heteroatoms. The van der Waals surface area contributed by atoms with Crippen LogP contribution in [0, 0.1) is 11.8 Å². The van der Waals surface area contributed by atoms with E-state index in [1.807, 2.05) is 72.8 Å². The summed E-state index contributed by atoms with van der Waals surface area (Å²) < 4.78 is 0. The van der Waals surface area contributed by atoms with E-state index >= 15 is 0 Å². The Balaban J connectivity index is 2.09. The van der Waals surface area contributed by atoms with Gasteiger partial charge in [0.05, 0.1) is 11.8 Å². The Morgan fingerprint density at radius 1 is 0.625 bits per heavy atom. The fourth-order valence-electron chi connectivity index (χ4n) is 3.53. The summed E-state index contributed by atoms with van der Waals surface area (Å²) in [6.07, 6.45) is 3.68. The molecule has 2 aromatic rings. The van der Waals surface area contributed by atoms with Crippen LogP contribution in [0.2, 0.25) is 0 Å². The molecule has 1 aliphatic carbocycles. The van der Waals surface area contributed by atoms with E-state index in [-0.39, 0.29) is 0 Å². The van der Waals surface area contributed by atoms with E-state index in [2.05, 4.69) is 0 Å². The first-order chi connectivity index (χ1) is 11.6. The fourth-order valence-corrected chi connectivity index (χ4v) is 3.53. The molecule has 3 rings (SSSR count). The molecule has 0 radical (unpaired) electrons. The van der Waals surface area contributed by atoms with Crippen molar-refractivity contribution >= 4 is 11.9 Å². The second kappa shape index (κ2) is 6.71. The molecule has 0 unspecified atom stereocenters. The van der Waals surface area contributed by atoms with Gasteiger partial charge in [-0.15, -0.1) is 0 Å². The van der Waals surface area contributed by atoms with Crippen LogP contribution in [-0.4, -0.2) is 22.2 Å². The molecular weight excluding hydrogens is 304 g/mol. The standard InChI is InChI=1S/C20H18O4/c21-19(22)17-15(13-7-3-1-4-8-13)11-12-16(18(17)20(23)24)14-9-5-2-6-10-14/h1-12,15-18H,(H,21,22)(H,23,24)/t15-,16+,17-,18+. The molecule has 1 aliphatic rings. The van der Waals surface area contributed by atoms with Crippen LogP contribution in [0.4, 0.5) is 0 Å². The lowest BCUT2D eigenvalue weighted by atomic mass is 9.66. The van der Waals surface area contributed by atoms with Crippen LogP contribution in [0.15, 0.2) is 72.8 Å². The maximum atomic E-state index is 11.9. The van der Waals surface area contributed by atoms with Crippen molar-refractivity contribution in [2.75, 3.05) is 0 Å². The SMILES string of the molecule is O=C(O)[C@@H]1[C@H](C(=O)O)[C@@H](c2ccccc2)C=C[C@H]1c1ccccc1. The van der Waals surface area contributed by atoms with E-state index in [0.717, 1.165) is 11.1 Å². The molecule has 4 atom stereocenters. The number of allylic oxidation sites excluding steroid dienone is 2. The Hall–Kier alpha value is -2.88. The first-order valence-corrected chi connectivity index (χ1v) is 7.83. The topological polar surface area (TPSA) is 74.6 Å². The summed E-state index contributed by atoms with van der Waals surface area (Å²) in [6, 6.07) is 18.4. The normalized spacial score (nSPS) is 26.0. The van der Waals surface area contributed by atoms with Gasteiger partial charge in [0.1, 0.15) is 0 Å². The van der Waals surface area contributed by atoms with Gasteiger partial charge in [-0.05, 0) is 11.1 Å². The van der Waals surface area contributed by atoms with Gasteiger partial charge in [0, 0.05) is 11.8 Å². The number of carbonyl (C=O) groups is 2. The van der Waals surface area contributed by atoms with Gasteiger partial charge < -0.3 is 10.2 Å². The van der Waals surface area contributed by atoms with Crippen molar-refractivity contribution in [1.82, 2.24) is 0 Å². The van der Waals surface area contributed by atoms with Crippen LogP contribution in [0.1, 0.15) is 23.0 Å². The van der Waals surface area contributed by atoms with Gasteiger partial charge in [-0.3, -0.25) is 9.59 Å². The number of aliphatic carboxylic acids is 2. The Morgan fingerprint density at radius 3 is 1.25 bits per heavy atom. The highest BCUT2D eigenvalue weighted by Gasteiger charge is 2.46. The molecule has 0 saturated carbocycles. The number of hydrogen-bond acceptors (Lipinski definition) is 2. The second-order valence-electron chi connectivity index (χ2n) is 5.99. The van der Waals surface area contributed by atoms with Crippen LogP contribution in [0.3, 0.4) is 0 Å². The molecule has 24 heavy (non-hydrogen) atoms. The molecule has 0 amide bonds. The highest BCUT2D eigenvalue weighted by molar-refractivity contribution is 5.83. The maximum absolute atomic E-state index is 11.9. The van der Waals surface area contributed by atoms with Gasteiger partial charge in [0.2, 0.25) is 0 Å². The van der Waals surface area contributed by atoms with Crippen molar-refractivity contribution in [3.63, 3.8) is 0 Å². The minimum absolute atomic E-state index is 0.454. The van der Waals surface area contributed by atoms with Crippen molar-refractivity contribution in [3.8, 4) is 0 Å². The van der Waals surface area contributed by atoms with Gasteiger partial charge in [-0.1, -0.05) is 72.8 Å². The van der Waals surface area contributed by atoms with E-state index in [4.69, 9.17) is 0 Å². The van der Waals surface area contributed by atoms with Crippen LogP contribution >= 0.6 is 0 Å². The van der Waals surface area contributed by atoms with Crippen molar-refractivity contribution in [2.24, 2.45) is 11.8 Å². The molecule has 2 aromatic carbocycles. The van der Waals surface area contributed by atoms with Crippen LogP contribution in [0.5, 0.6) is 0 Å². The molecule has 0 bridgehead atoms. The lowest BCUT2D eigenvalue weighted by Gasteiger charge is -2.35. The Labute approximate surface area is 140 Å². The molecule has 122 valence electrons. The highest BCUT2D eigenvalue weighted by Crippen LogP contribution is 2.44. The first-order valence-electron chi connectivity index (χ1n) is 7.83. The van der Waals surface area contributed by atoms with Crippen molar-refractivity contribution in [2.45, 2.75) is 11.8 Å². The molecule has 0 fully saturated rings. The van der Waals surface area contributed by atoms with Crippen LogP contribution in [-0.2, 0) is 9.59 Å². The summed E-state index contributed by atoms with van der Waals surface area (Å²) in [4.78, 5) is 23.9. The van der Waals surface area contributed by atoms with Crippen molar-refractivity contribution in [1.29, 1.82) is 0 Å². The third-order valence-electron chi connectivity index (χ3n) is 4.63.